The topological polar surface area (TPSA) is 46.3 Å². The molecule has 19 heavy (non-hydrogen) atoms. The van der Waals surface area contributed by atoms with Crippen LogP contribution in [0.2, 0.25) is 0 Å². The van der Waals surface area contributed by atoms with Gasteiger partial charge < -0.3 is 10.6 Å². The Kier molecular flexibility index (Phi) is 3.63. The van der Waals surface area contributed by atoms with Crippen molar-refractivity contribution in [2.45, 2.75) is 51.1 Å². The molecule has 104 valence electrons. The van der Waals surface area contributed by atoms with E-state index in [-0.39, 0.29) is 11.9 Å². The van der Waals surface area contributed by atoms with Gasteiger partial charge in [-0.3, -0.25) is 4.79 Å². The third-order valence-corrected chi connectivity index (χ3v) is 5.28. The highest BCUT2D eigenvalue weighted by atomic mass is 32.1. The normalized spacial score (nSPS) is 24.1. The van der Waals surface area contributed by atoms with E-state index in [4.69, 9.17) is 5.73 Å². The van der Waals surface area contributed by atoms with Crippen LogP contribution in [0.15, 0.2) is 11.4 Å². The summed E-state index contributed by atoms with van der Waals surface area (Å²) in [5.74, 6) is 0.835. The molecule has 2 atom stereocenters. The van der Waals surface area contributed by atoms with Gasteiger partial charge >= 0.3 is 0 Å². The first-order chi connectivity index (χ1) is 9.22. The molecule has 0 aromatic carbocycles. The number of nitrogens with two attached hydrogens (primary N) is 1. The molecule has 1 aromatic rings. The molecule has 0 bridgehead atoms. The number of hydrogen-bond donors (Lipinski definition) is 1. The third-order valence-electron chi connectivity index (χ3n) is 4.28. The van der Waals surface area contributed by atoms with Gasteiger partial charge in [-0.1, -0.05) is 13.3 Å². The highest BCUT2D eigenvalue weighted by Crippen LogP contribution is 2.48. The largest absolute Gasteiger partial charge is 0.334 e. The number of thiophene rings is 1. The Bertz CT molecular complexity index is 466. The standard InChI is InChI=1S/C15H22N2OS/c1-2-3-12(16)15(18)17-8-6-13-11(7-9-19-13)14(17)10-4-5-10/h7,9-10,12,14H,2-6,8,16H2,1H3/t12-,14?/m0/s1. The molecule has 4 heteroatoms. The Balaban J connectivity index is 1.83. The molecule has 0 saturated heterocycles. The van der Waals surface area contributed by atoms with Crippen molar-refractivity contribution < 1.29 is 4.79 Å². The summed E-state index contributed by atoms with van der Waals surface area (Å²) in [6.07, 6.45) is 5.28. The molecule has 1 fully saturated rings. The van der Waals surface area contributed by atoms with Gasteiger partial charge in [0.2, 0.25) is 5.91 Å². The van der Waals surface area contributed by atoms with E-state index in [1.807, 2.05) is 11.3 Å². The quantitative estimate of drug-likeness (QED) is 0.920. The predicted octanol–water partition coefficient (Wildman–Crippen LogP) is 2.71. The second kappa shape index (κ2) is 5.25. The van der Waals surface area contributed by atoms with Crippen LogP contribution in [0.25, 0.3) is 0 Å². The molecule has 1 saturated carbocycles. The van der Waals surface area contributed by atoms with Gasteiger partial charge in [0.15, 0.2) is 0 Å². The van der Waals surface area contributed by atoms with Gasteiger partial charge in [0.1, 0.15) is 0 Å². The van der Waals surface area contributed by atoms with Crippen LogP contribution in [0.3, 0.4) is 0 Å². The maximum absolute atomic E-state index is 12.6. The maximum Gasteiger partial charge on any atom is 0.240 e. The first-order valence-corrected chi connectivity index (χ1v) is 8.22. The number of carbonyl (C=O) groups is 1. The SMILES string of the molecule is CCC[C@H](N)C(=O)N1CCc2sccc2C1C1CC1. The summed E-state index contributed by atoms with van der Waals surface area (Å²) >= 11 is 1.84. The smallest absolute Gasteiger partial charge is 0.240 e. The van der Waals surface area contributed by atoms with E-state index in [0.29, 0.717) is 12.0 Å². The fraction of sp³-hybridized carbons (Fsp3) is 0.667. The molecule has 1 aliphatic heterocycles. The summed E-state index contributed by atoms with van der Waals surface area (Å²) in [4.78, 5) is 16.1. The zero-order valence-corrected chi connectivity index (χ0v) is 12.3. The number of amides is 1. The van der Waals surface area contributed by atoms with E-state index in [1.165, 1.54) is 23.3 Å². The van der Waals surface area contributed by atoms with Crippen LogP contribution in [-0.2, 0) is 11.2 Å². The number of hydrogen-bond acceptors (Lipinski definition) is 3. The van der Waals surface area contributed by atoms with Gasteiger partial charge in [-0.15, -0.1) is 11.3 Å². The molecule has 3 nitrogen and oxygen atoms in total. The highest BCUT2D eigenvalue weighted by molar-refractivity contribution is 7.10. The molecule has 3 rings (SSSR count). The highest BCUT2D eigenvalue weighted by Gasteiger charge is 2.42. The van der Waals surface area contributed by atoms with Crippen molar-refractivity contribution in [3.8, 4) is 0 Å². The van der Waals surface area contributed by atoms with Crippen molar-refractivity contribution in [1.29, 1.82) is 0 Å². The second-order valence-electron chi connectivity index (χ2n) is 5.76. The molecule has 1 aromatic heterocycles. The van der Waals surface area contributed by atoms with Crippen molar-refractivity contribution in [1.82, 2.24) is 4.90 Å². The minimum absolute atomic E-state index is 0.163. The summed E-state index contributed by atoms with van der Waals surface area (Å²) in [7, 11) is 0. The summed E-state index contributed by atoms with van der Waals surface area (Å²) in [6.45, 7) is 2.93. The van der Waals surface area contributed by atoms with Crippen molar-refractivity contribution in [2.24, 2.45) is 11.7 Å². The molecule has 1 aliphatic carbocycles. The average Bonchev–Trinajstić information content (AvgIpc) is 3.13. The monoisotopic (exact) mass is 278 g/mol. The van der Waals surface area contributed by atoms with Gasteiger partial charge in [0, 0.05) is 11.4 Å². The van der Waals surface area contributed by atoms with E-state index in [0.717, 1.165) is 25.8 Å². The van der Waals surface area contributed by atoms with Crippen molar-refractivity contribution >= 4 is 17.2 Å². The molecule has 0 radical (unpaired) electrons. The van der Waals surface area contributed by atoms with Gasteiger partial charge in [0.25, 0.3) is 0 Å². The van der Waals surface area contributed by atoms with Gasteiger partial charge in [0.05, 0.1) is 12.1 Å². The van der Waals surface area contributed by atoms with Crippen molar-refractivity contribution in [3.05, 3.63) is 21.9 Å². The van der Waals surface area contributed by atoms with Crippen LogP contribution in [0.5, 0.6) is 0 Å². The van der Waals surface area contributed by atoms with Crippen LogP contribution in [0.4, 0.5) is 0 Å². The molecule has 2 N–H and O–H groups in total. The fourth-order valence-corrected chi connectivity index (χ4v) is 4.07. The molecule has 1 amide bonds. The summed E-state index contributed by atoms with van der Waals surface area (Å²) < 4.78 is 0. The average molecular weight is 278 g/mol. The third kappa shape index (κ3) is 2.43. The van der Waals surface area contributed by atoms with E-state index in [2.05, 4.69) is 23.3 Å². The van der Waals surface area contributed by atoms with E-state index in [9.17, 15) is 4.79 Å². The Labute approximate surface area is 118 Å². The van der Waals surface area contributed by atoms with Crippen LogP contribution in [-0.4, -0.2) is 23.4 Å². The van der Waals surface area contributed by atoms with Gasteiger partial charge in [-0.05, 0) is 48.6 Å². The van der Waals surface area contributed by atoms with Gasteiger partial charge in [-0.2, -0.15) is 0 Å². The van der Waals surface area contributed by atoms with Crippen LogP contribution in [0, 0.1) is 5.92 Å². The predicted molar refractivity (Wildman–Crippen MR) is 78.1 cm³/mol. The molecule has 2 heterocycles. The molecule has 0 spiro atoms. The lowest BCUT2D eigenvalue weighted by Gasteiger charge is -2.37. The molecule has 1 unspecified atom stereocenters. The number of fused-ring (bicyclic) bond motifs is 1. The Morgan fingerprint density at radius 1 is 1.58 bits per heavy atom. The van der Waals surface area contributed by atoms with Crippen molar-refractivity contribution in [3.63, 3.8) is 0 Å². The second-order valence-corrected chi connectivity index (χ2v) is 6.76. The Morgan fingerprint density at radius 3 is 3.05 bits per heavy atom. The Hall–Kier alpha value is -0.870. The first kappa shape index (κ1) is 13.1. The van der Waals surface area contributed by atoms with Crippen LogP contribution in [0.1, 0.15) is 49.1 Å². The zero-order valence-electron chi connectivity index (χ0n) is 11.5. The first-order valence-electron chi connectivity index (χ1n) is 7.34. The lowest BCUT2D eigenvalue weighted by atomic mass is 9.94. The summed E-state index contributed by atoms with van der Waals surface area (Å²) in [5, 5.41) is 2.17. The number of carbonyl (C=O) groups excluding carboxylic acids is 1. The van der Waals surface area contributed by atoms with Crippen LogP contribution < -0.4 is 5.73 Å². The van der Waals surface area contributed by atoms with Crippen molar-refractivity contribution in [2.75, 3.05) is 6.54 Å². The minimum atomic E-state index is -0.313. The summed E-state index contributed by atoms with van der Waals surface area (Å²) in [5.41, 5.74) is 7.45. The number of nitrogens with zero attached hydrogens (tertiary/aromatic N) is 1. The van der Waals surface area contributed by atoms with Gasteiger partial charge in [-0.25, -0.2) is 0 Å². The fourth-order valence-electron chi connectivity index (χ4n) is 3.16. The van der Waals surface area contributed by atoms with Crippen LogP contribution >= 0.6 is 11.3 Å². The number of rotatable bonds is 4. The molecular formula is C15H22N2OS. The minimum Gasteiger partial charge on any atom is -0.334 e. The molecular weight excluding hydrogens is 256 g/mol. The lowest BCUT2D eigenvalue weighted by molar-refractivity contribution is -0.136. The maximum atomic E-state index is 12.6. The lowest BCUT2D eigenvalue weighted by Crippen LogP contribution is -2.48. The zero-order chi connectivity index (χ0) is 13.4. The van der Waals surface area contributed by atoms with E-state index in [1.54, 1.807) is 0 Å². The Morgan fingerprint density at radius 2 is 2.37 bits per heavy atom. The molecule has 2 aliphatic rings. The summed E-state index contributed by atoms with van der Waals surface area (Å²) in [6, 6.07) is 2.21. The van der Waals surface area contributed by atoms with E-state index >= 15 is 0 Å². The van der Waals surface area contributed by atoms with E-state index < -0.39 is 0 Å².